The lowest BCUT2D eigenvalue weighted by molar-refractivity contribution is 0.0622. The molecule has 0 bridgehead atoms. The lowest BCUT2D eigenvalue weighted by Gasteiger charge is -2.38. The van der Waals surface area contributed by atoms with Gasteiger partial charge in [0, 0.05) is 38.3 Å². The van der Waals surface area contributed by atoms with Crippen LogP contribution < -0.4 is 4.72 Å². The quantitative estimate of drug-likeness (QED) is 0.673. The Labute approximate surface area is 192 Å². The van der Waals surface area contributed by atoms with Crippen LogP contribution in [0, 0.1) is 11.8 Å². The third-order valence-electron chi connectivity index (χ3n) is 7.14. The van der Waals surface area contributed by atoms with E-state index in [-0.39, 0.29) is 23.5 Å². The molecule has 8 heteroatoms. The number of carbonyl (C=O) groups is 1. The summed E-state index contributed by atoms with van der Waals surface area (Å²) < 4.78 is 33.2. The monoisotopic (exact) mass is 463 g/mol. The van der Waals surface area contributed by atoms with Gasteiger partial charge in [-0.1, -0.05) is 6.92 Å². The smallest absolute Gasteiger partial charge is 0.253 e. The SMILES string of the molecule is CC1CCN(CC2CCCN(C(=O)c3ccc(S(=O)(=O)NCC4CCCO4)cc3)C2)CC1. The van der Waals surface area contributed by atoms with Gasteiger partial charge < -0.3 is 14.5 Å². The lowest BCUT2D eigenvalue weighted by atomic mass is 9.94. The van der Waals surface area contributed by atoms with Gasteiger partial charge in [0.05, 0.1) is 11.0 Å². The summed E-state index contributed by atoms with van der Waals surface area (Å²) in [7, 11) is -3.60. The maximum absolute atomic E-state index is 13.1. The van der Waals surface area contributed by atoms with Crippen molar-refractivity contribution in [3.05, 3.63) is 29.8 Å². The Morgan fingerprint density at radius 3 is 2.50 bits per heavy atom. The van der Waals surface area contributed by atoms with E-state index in [0.29, 0.717) is 18.1 Å². The van der Waals surface area contributed by atoms with Crippen molar-refractivity contribution in [1.82, 2.24) is 14.5 Å². The topological polar surface area (TPSA) is 79.0 Å². The van der Waals surface area contributed by atoms with Gasteiger partial charge in [-0.05, 0) is 87.7 Å². The number of hydrogen-bond acceptors (Lipinski definition) is 5. The van der Waals surface area contributed by atoms with Crippen molar-refractivity contribution in [3.8, 4) is 0 Å². The molecular formula is C24H37N3O4S. The average Bonchev–Trinajstić information content (AvgIpc) is 3.33. The predicted octanol–water partition coefficient (Wildman–Crippen LogP) is 2.73. The Bertz CT molecular complexity index is 860. The van der Waals surface area contributed by atoms with Gasteiger partial charge >= 0.3 is 0 Å². The van der Waals surface area contributed by atoms with Crippen molar-refractivity contribution >= 4 is 15.9 Å². The second kappa shape index (κ2) is 10.6. The molecule has 178 valence electrons. The maximum atomic E-state index is 13.1. The average molecular weight is 464 g/mol. The van der Waals surface area contributed by atoms with Crippen LogP contribution in [0.1, 0.15) is 55.8 Å². The molecule has 1 aromatic carbocycles. The molecule has 1 N–H and O–H groups in total. The minimum Gasteiger partial charge on any atom is -0.377 e. The molecule has 3 aliphatic heterocycles. The fraction of sp³-hybridized carbons (Fsp3) is 0.708. The van der Waals surface area contributed by atoms with Gasteiger partial charge in [-0.25, -0.2) is 13.1 Å². The number of hydrogen-bond donors (Lipinski definition) is 1. The van der Waals surface area contributed by atoms with Gasteiger partial charge in [0.1, 0.15) is 0 Å². The number of benzene rings is 1. The Kier molecular flexibility index (Phi) is 7.87. The molecule has 32 heavy (non-hydrogen) atoms. The minimum absolute atomic E-state index is 0.00164. The van der Waals surface area contributed by atoms with Crippen LogP contribution in [0.3, 0.4) is 0 Å². The van der Waals surface area contributed by atoms with Crippen LogP contribution in [0.2, 0.25) is 0 Å². The fourth-order valence-corrected chi connectivity index (χ4v) is 6.13. The van der Waals surface area contributed by atoms with Crippen LogP contribution in [-0.4, -0.2) is 76.1 Å². The van der Waals surface area contributed by atoms with Crippen molar-refractivity contribution in [1.29, 1.82) is 0 Å². The second-order valence-electron chi connectivity index (χ2n) is 9.75. The number of likely N-dealkylation sites (tertiary alicyclic amines) is 2. The number of rotatable bonds is 7. The highest BCUT2D eigenvalue weighted by molar-refractivity contribution is 7.89. The van der Waals surface area contributed by atoms with Crippen LogP contribution in [0.4, 0.5) is 0 Å². The molecule has 0 aromatic heterocycles. The zero-order valence-electron chi connectivity index (χ0n) is 19.2. The van der Waals surface area contributed by atoms with E-state index in [4.69, 9.17) is 4.74 Å². The third-order valence-corrected chi connectivity index (χ3v) is 8.57. The first-order chi connectivity index (χ1) is 15.4. The largest absolute Gasteiger partial charge is 0.377 e. The molecule has 2 atom stereocenters. The standard InChI is InChI=1S/C24H37N3O4S/c1-19-10-13-26(14-11-19)17-20-4-2-12-27(18-20)24(28)21-6-8-23(9-7-21)32(29,30)25-16-22-5-3-15-31-22/h6-9,19-20,22,25H,2-5,10-18H2,1H3. The molecule has 0 aliphatic carbocycles. The fourth-order valence-electron chi connectivity index (χ4n) is 5.06. The van der Waals surface area contributed by atoms with E-state index < -0.39 is 10.0 Å². The van der Waals surface area contributed by atoms with E-state index >= 15 is 0 Å². The van der Waals surface area contributed by atoms with E-state index in [1.165, 1.54) is 44.5 Å². The summed E-state index contributed by atoms with van der Waals surface area (Å²) in [5.41, 5.74) is 0.551. The summed E-state index contributed by atoms with van der Waals surface area (Å²) >= 11 is 0. The van der Waals surface area contributed by atoms with Crippen LogP contribution in [0.25, 0.3) is 0 Å². The highest BCUT2D eigenvalue weighted by atomic mass is 32.2. The van der Waals surface area contributed by atoms with Crippen LogP contribution in [0.5, 0.6) is 0 Å². The summed E-state index contributed by atoms with van der Waals surface area (Å²) in [5, 5.41) is 0. The second-order valence-corrected chi connectivity index (χ2v) is 11.5. The molecule has 4 rings (SSSR count). The van der Waals surface area contributed by atoms with Crippen molar-refractivity contribution in [2.45, 2.75) is 56.4 Å². The Morgan fingerprint density at radius 1 is 1.06 bits per heavy atom. The molecule has 0 spiro atoms. The molecule has 1 aromatic rings. The number of amides is 1. The normalized spacial score (nSPS) is 25.8. The molecule has 3 fully saturated rings. The summed E-state index contributed by atoms with van der Waals surface area (Å²) in [5.74, 6) is 1.34. The third kappa shape index (κ3) is 6.10. The number of nitrogens with one attached hydrogen (secondary N) is 1. The van der Waals surface area contributed by atoms with Crippen molar-refractivity contribution in [2.24, 2.45) is 11.8 Å². The Hall–Kier alpha value is -1.48. The van der Waals surface area contributed by atoms with Gasteiger partial charge in [-0.3, -0.25) is 4.79 Å². The summed E-state index contributed by atoms with van der Waals surface area (Å²) in [6.45, 7) is 8.28. The zero-order chi connectivity index (χ0) is 22.6. The highest BCUT2D eigenvalue weighted by Crippen LogP contribution is 2.23. The summed E-state index contributed by atoms with van der Waals surface area (Å²) in [6.07, 6.45) is 6.54. The first-order valence-corrected chi connectivity index (χ1v) is 13.6. The Morgan fingerprint density at radius 2 is 1.81 bits per heavy atom. The van der Waals surface area contributed by atoms with E-state index in [1.807, 2.05) is 4.90 Å². The maximum Gasteiger partial charge on any atom is 0.253 e. The number of piperidine rings is 2. The molecule has 7 nitrogen and oxygen atoms in total. The van der Waals surface area contributed by atoms with Gasteiger partial charge in [0.25, 0.3) is 5.91 Å². The highest BCUT2D eigenvalue weighted by Gasteiger charge is 2.27. The number of carbonyl (C=O) groups excluding carboxylic acids is 1. The molecule has 3 saturated heterocycles. The number of sulfonamides is 1. The molecule has 1 amide bonds. The van der Waals surface area contributed by atoms with E-state index in [0.717, 1.165) is 44.8 Å². The number of nitrogens with zero attached hydrogens (tertiary/aromatic N) is 2. The summed E-state index contributed by atoms with van der Waals surface area (Å²) in [4.78, 5) is 17.8. The molecular weight excluding hydrogens is 426 g/mol. The molecule has 0 saturated carbocycles. The van der Waals surface area contributed by atoms with Gasteiger partial charge in [-0.2, -0.15) is 0 Å². The number of ether oxygens (including phenoxy) is 1. The first-order valence-electron chi connectivity index (χ1n) is 12.1. The first kappa shape index (κ1) is 23.7. The van der Waals surface area contributed by atoms with E-state index in [2.05, 4.69) is 16.5 Å². The zero-order valence-corrected chi connectivity index (χ0v) is 20.0. The summed E-state index contributed by atoms with van der Waals surface area (Å²) in [6, 6.07) is 6.33. The van der Waals surface area contributed by atoms with Crippen molar-refractivity contribution < 1.29 is 17.9 Å². The van der Waals surface area contributed by atoms with Crippen molar-refractivity contribution in [3.63, 3.8) is 0 Å². The minimum atomic E-state index is -3.60. The Balaban J connectivity index is 1.31. The molecule has 3 aliphatic rings. The van der Waals surface area contributed by atoms with Crippen molar-refractivity contribution in [2.75, 3.05) is 45.9 Å². The van der Waals surface area contributed by atoms with Crippen LogP contribution in [0.15, 0.2) is 29.2 Å². The van der Waals surface area contributed by atoms with Gasteiger partial charge in [-0.15, -0.1) is 0 Å². The van der Waals surface area contributed by atoms with Crippen LogP contribution >= 0.6 is 0 Å². The molecule has 2 unspecified atom stereocenters. The predicted molar refractivity (Wildman–Crippen MR) is 124 cm³/mol. The van der Waals surface area contributed by atoms with Gasteiger partial charge in [0.15, 0.2) is 0 Å². The lowest BCUT2D eigenvalue weighted by Crippen LogP contribution is -2.45. The van der Waals surface area contributed by atoms with Gasteiger partial charge in [0.2, 0.25) is 10.0 Å². The molecule has 0 radical (unpaired) electrons. The van der Waals surface area contributed by atoms with E-state index in [1.54, 1.807) is 12.1 Å². The van der Waals surface area contributed by atoms with Crippen LogP contribution in [-0.2, 0) is 14.8 Å². The van der Waals surface area contributed by atoms with E-state index in [9.17, 15) is 13.2 Å². The molecule has 3 heterocycles.